The van der Waals surface area contributed by atoms with Crippen molar-refractivity contribution in [2.45, 2.75) is 12.3 Å². The van der Waals surface area contributed by atoms with Crippen LogP contribution in [0.5, 0.6) is 0 Å². The van der Waals surface area contributed by atoms with Gasteiger partial charge in [0, 0.05) is 40.0 Å². The van der Waals surface area contributed by atoms with E-state index >= 15 is 0 Å². The quantitative estimate of drug-likeness (QED) is 0.129. The summed E-state index contributed by atoms with van der Waals surface area (Å²) in [6.07, 6.45) is 9.87. The summed E-state index contributed by atoms with van der Waals surface area (Å²) in [4.78, 5) is 4.78. The maximum absolute atomic E-state index is 2.40. The van der Waals surface area contributed by atoms with Crippen LogP contribution in [0.25, 0.3) is 44.5 Å². The predicted octanol–water partition coefficient (Wildman–Crippen LogP) is 16.9. The van der Waals surface area contributed by atoms with Crippen LogP contribution >= 0.6 is 0 Å². The molecule has 0 aromatic heterocycles. The van der Waals surface area contributed by atoms with Crippen molar-refractivity contribution < 1.29 is 0 Å². The molecule has 0 N–H and O–H groups in total. The summed E-state index contributed by atoms with van der Waals surface area (Å²) in [6, 6.07) is 85.7. The van der Waals surface area contributed by atoms with Crippen LogP contribution in [0.3, 0.4) is 0 Å². The Labute approximate surface area is 365 Å². The monoisotopic (exact) mass is 794 g/mol. The molecule has 2 heteroatoms. The maximum atomic E-state index is 2.40. The average Bonchev–Trinajstić information content (AvgIpc) is 3.36. The molecule has 0 saturated heterocycles. The third-order valence-electron chi connectivity index (χ3n) is 11.7. The number of nitrogens with zero attached hydrogens (tertiary/aromatic N) is 2. The lowest BCUT2D eigenvalue weighted by atomic mass is 9.92. The lowest BCUT2D eigenvalue weighted by Crippen LogP contribution is -2.14. The first-order chi connectivity index (χ1) is 30.7. The molecule has 1 atom stereocenters. The Bertz CT molecular complexity index is 2880. The van der Waals surface area contributed by atoms with Crippen LogP contribution in [0.2, 0.25) is 0 Å². The van der Waals surface area contributed by atoms with Crippen molar-refractivity contribution >= 4 is 34.1 Å². The Morgan fingerprint density at radius 1 is 0.274 bits per heavy atom. The molecule has 1 aliphatic rings. The fraction of sp³-hybridized carbons (Fsp3) is 0.0333. The van der Waals surface area contributed by atoms with Crippen molar-refractivity contribution in [2.24, 2.45) is 0 Å². The van der Waals surface area contributed by atoms with Crippen LogP contribution in [0.1, 0.15) is 17.9 Å². The number of para-hydroxylation sites is 2. The fourth-order valence-electron chi connectivity index (χ4n) is 8.59. The molecule has 9 aromatic rings. The molecule has 0 fully saturated rings. The van der Waals surface area contributed by atoms with Gasteiger partial charge >= 0.3 is 0 Å². The first-order valence-corrected chi connectivity index (χ1v) is 21.4. The van der Waals surface area contributed by atoms with Crippen LogP contribution in [0.15, 0.2) is 261 Å². The van der Waals surface area contributed by atoms with Gasteiger partial charge in [-0.25, -0.2) is 0 Å². The van der Waals surface area contributed by atoms with Crippen molar-refractivity contribution in [3.05, 3.63) is 266 Å². The molecule has 0 aliphatic heterocycles. The second kappa shape index (κ2) is 17.7. The molecule has 0 radical (unpaired) electrons. The highest BCUT2D eigenvalue weighted by Gasteiger charge is 2.21. The molecule has 0 bridgehead atoms. The molecular formula is C60H46N2. The van der Waals surface area contributed by atoms with Crippen LogP contribution in [0, 0.1) is 0 Å². The molecule has 2 nitrogen and oxygen atoms in total. The SMILES string of the molecule is C1=CCC(c2ccc(N(c3ccccc3)c3cc(-c4cc(-c5ccccc5)cc(-c5ccccc5)c4)cc(N(c4ccccc4)c4ccc(-c5ccccc5)cc4)c3)cc2)C=C1. The minimum atomic E-state index is 0.373. The zero-order valence-electron chi connectivity index (χ0n) is 34.5. The normalized spacial score (nSPS) is 13.1. The van der Waals surface area contributed by atoms with Crippen LogP contribution in [0.4, 0.5) is 34.1 Å². The molecule has 1 aliphatic carbocycles. The van der Waals surface area contributed by atoms with Gasteiger partial charge in [-0.3, -0.25) is 0 Å². The molecule has 9 aromatic carbocycles. The molecule has 0 heterocycles. The van der Waals surface area contributed by atoms with E-state index in [9.17, 15) is 0 Å². The van der Waals surface area contributed by atoms with Gasteiger partial charge in [-0.15, -0.1) is 0 Å². The number of benzene rings is 9. The summed E-state index contributed by atoms with van der Waals surface area (Å²) < 4.78 is 0. The molecule has 296 valence electrons. The molecular weight excluding hydrogens is 749 g/mol. The van der Waals surface area contributed by atoms with Gasteiger partial charge in [0.2, 0.25) is 0 Å². The lowest BCUT2D eigenvalue weighted by molar-refractivity contribution is 0.854. The summed E-state index contributed by atoms with van der Waals surface area (Å²) in [5.41, 5.74) is 17.1. The van der Waals surface area contributed by atoms with Gasteiger partial charge in [0.25, 0.3) is 0 Å². The highest BCUT2D eigenvalue weighted by molar-refractivity contribution is 5.90. The Kier molecular flexibility index (Phi) is 10.9. The van der Waals surface area contributed by atoms with E-state index in [2.05, 4.69) is 271 Å². The van der Waals surface area contributed by atoms with Gasteiger partial charge in [-0.1, -0.05) is 176 Å². The largest absolute Gasteiger partial charge is 0.310 e. The van der Waals surface area contributed by atoms with Gasteiger partial charge in [-0.2, -0.15) is 0 Å². The van der Waals surface area contributed by atoms with Crippen LogP contribution in [-0.2, 0) is 0 Å². The van der Waals surface area contributed by atoms with E-state index in [-0.39, 0.29) is 0 Å². The average molecular weight is 795 g/mol. The first kappa shape index (κ1) is 38.3. The molecule has 0 saturated carbocycles. The van der Waals surface area contributed by atoms with Gasteiger partial charge < -0.3 is 9.80 Å². The van der Waals surface area contributed by atoms with E-state index in [4.69, 9.17) is 0 Å². The van der Waals surface area contributed by atoms with Crippen molar-refractivity contribution in [2.75, 3.05) is 9.80 Å². The van der Waals surface area contributed by atoms with E-state index in [1.165, 1.54) is 38.9 Å². The van der Waals surface area contributed by atoms with E-state index in [1.807, 2.05) is 0 Å². The van der Waals surface area contributed by atoms with Gasteiger partial charge in [0.15, 0.2) is 0 Å². The zero-order valence-corrected chi connectivity index (χ0v) is 34.5. The summed E-state index contributed by atoms with van der Waals surface area (Å²) in [5, 5.41) is 0. The number of rotatable bonds is 11. The van der Waals surface area contributed by atoms with Crippen molar-refractivity contribution in [3.8, 4) is 44.5 Å². The van der Waals surface area contributed by atoms with E-state index in [0.717, 1.165) is 51.7 Å². The highest BCUT2D eigenvalue weighted by Crippen LogP contribution is 2.45. The van der Waals surface area contributed by atoms with Crippen molar-refractivity contribution in [3.63, 3.8) is 0 Å². The lowest BCUT2D eigenvalue weighted by Gasteiger charge is -2.30. The summed E-state index contributed by atoms with van der Waals surface area (Å²) in [7, 11) is 0. The minimum Gasteiger partial charge on any atom is -0.310 e. The number of allylic oxidation sites excluding steroid dienone is 4. The smallest absolute Gasteiger partial charge is 0.0488 e. The van der Waals surface area contributed by atoms with E-state index in [1.54, 1.807) is 0 Å². The Morgan fingerprint density at radius 3 is 1.06 bits per heavy atom. The van der Waals surface area contributed by atoms with Gasteiger partial charge in [0.1, 0.15) is 0 Å². The fourth-order valence-corrected chi connectivity index (χ4v) is 8.59. The molecule has 0 amide bonds. The third kappa shape index (κ3) is 8.28. The Balaban J connectivity index is 1.20. The number of anilines is 6. The maximum Gasteiger partial charge on any atom is 0.0488 e. The Hall–Kier alpha value is -7.94. The second-order valence-electron chi connectivity index (χ2n) is 15.8. The van der Waals surface area contributed by atoms with Crippen molar-refractivity contribution in [1.29, 1.82) is 0 Å². The van der Waals surface area contributed by atoms with Crippen LogP contribution in [-0.4, -0.2) is 0 Å². The third-order valence-corrected chi connectivity index (χ3v) is 11.7. The van der Waals surface area contributed by atoms with Crippen LogP contribution < -0.4 is 9.80 Å². The first-order valence-electron chi connectivity index (χ1n) is 21.4. The Morgan fingerprint density at radius 2 is 0.629 bits per heavy atom. The number of hydrogen-bond acceptors (Lipinski definition) is 2. The van der Waals surface area contributed by atoms with Gasteiger partial charge in [0.05, 0.1) is 0 Å². The standard InChI is InChI=1S/C60H46N2/c1-7-19-45(20-8-1)49-31-35-57(36-32-49)61(55-27-15-5-16-28-55)59-42-54(53-40-51(47-23-11-3-12-24-47)39-52(41-53)48-25-13-4-14-26-48)43-60(44-59)62(56-29-17-6-18-30-56)58-37-33-50(34-38-58)46-21-9-2-10-22-46/h1-21,23-44,46H,22H2. The highest BCUT2D eigenvalue weighted by atomic mass is 15.2. The molecule has 0 spiro atoms. The minimum absolute atomic E-state index is 0.373. The number of hydrogen-bond donors (Lipinski definition) is 0. The summed E-state index contributed by atoms with van der Waals surface area (Å²) >= 11 is 0. The molecule has 62 heavy (non-hydrogen) atoms. The van der Waals surface area contributed by atoms with Crippen molar-refractivity contribution in [1.82, 2.24) is 0 Å². The molecule has 10 rings (SSSR count). The van der Waals surface area contributed by atoms with E-state index in [0.29, 0.717) is 5.92 Å². The predicted molar refractivity (Wildman–Crippen MR) is 263 cm³/mol. The second-order valence-corrected chi connectivity index (χ2v) is 15.8. The van der Waals surface area contributed by atoms with E-state index < -0.39 is 0 Å². The summed E-state index contributed by atoms with van der Waals surface area (Å²) in [5.74, 6) is 0.373. The topological polar surface area (TPSA) is 6.48 Å². The zero-order chi connectivity index (χ0) is 41.5. The summed E-state index contributed by atoms with van der Waals surface area (Å²) in [6.45, 7) is 0. The van der Waals surface area contributed by atoms with Gasteiger partial charge in [-0.05, 0) is 141 Å². The molecule has 1 unspecified atom stereocenters.